The van der Waals surface area contributed by atoms with Crippen molar-refractivity contribution in [3.8, 4) is 11.8 Å². The van der Waals surface area contributed by atoms with Crippen molar-refractivity contribution in [2.75, 3.05) is 11.5 Å². The average molecular weight is 286 g/mol. The molecular formula is C16H18N2O3. The van der Waals surface area contributed by atoms with Gasteiger partial charge >= 0.3 is 0 Å². The summed E-state index contributed by atoms with van der Waals surface area (Å²) in [5.74, 6) is 5.06. The maximum atomic E-state index is 12.6. The molecule has 5 heteroatoms. The predicted octanol–water partition coefficient (Wildman–Crippen LogP) is 1.35. The summed E-state index contributed by atoms with van der Waals surface area (Å²) in [6, 6.07) is 4.97. The van der Waals surface area contributed by atoms with Gasteiger partial charge in [0.05, 0.1) is 5.41 Å². The Morgan fingerprint density at radius 3 is 2.71 bits per heavy atom. The summed E-state index contributed by atoms with van der Waals surface area (Å²) >= 11 is 0. The van der Waals surface area contributed by atoms with Crippen LogP contribution >= 0.6 is 0 Å². The maximum absolute atomic E-state index is 12.6. The van der Waals surface area contributed by atoms with E-state index in [4.69, 9.17) is 5.11 Å². The molecule has 1 unspecified atom stereocenters. The van der Waals surface area contributed by atoms with Crippen LogP contribution in [0, 0.1) is 23.2 Å². The summed E-state index contributed by atoms with van der Waals surface area (Å²) in [5.41, 5.74) is -0.272. The minimum absolute atomic E-state index is 0.0660. The number of rotatable bonds is 2. The Kier molecular flexibility index (Phi) is 4.10. The number of aliphatic hydroxyl groups is 1. The number of hydrogen-bond acceptors (Lipinski definition) is 4. The number of pyridine rings is 1. The Balaban J connectivity index is 2.39. The molecule has 5 nitrogen and oxygen atoms in total. The van der Waals surface area contributed by atoms with Crippen LogP contribution in [0.5, 0.6) is 0 Å². The third-order valence-corrected chi connectivity index (χ3v) is 3.99. The van der Waals surface area contributed by atoms with E-state index in [-0.39, 0.29) is 30.8 Å². The fourth-order valence-corrected chi connectivity index (χ4v) is 2.27. The molecule has 1 aromatic heterocycles. The normalized spacial score (nSPS) is 21.7. The summed E-state index contributed by atoms with van der Waals surface area (Å²) in [6.45, 7) is 5.42. The molecule has 2 rings (SSSR count). The highest BCUT2D eigenvalue weighted by Gasteiger charge is 2.50. The Labute approximate surface area is 124 Å². The van der Waals surface area contributed by atoms with Crippen molar-refractivity contribution in [3.63, 3.8) is 0 Å². The molecule has 0 aromatic carbocycles. The highest BCUT2D eigenvalue weighted by atomic mass is 16.2. The first-order valence-electron chi connectivity index (χ1n) is 6.84. The molecule has 21 heavy (non-hydrogen) atoms. The highest BCUT2D eigenvalue weighted by Crippen LogP contribution is 2.40. The van der Waals surface area contributed by atoms with Gasteiger partial charge in [-0.2, -0.15) is 0 Å². The lowest BCUT2D eigenvalue weighted by molar-refractivity contribution is -0.126. The number of amides is 2. The number of nitrogens with zero attached hydrogens (tertiary/aromatic N) is 2. The summed E-state index contributed by atoms with van der Waals surface area (Å²) in [4.78, 5) is 30.2. The van der Waals surface area contributed by atoms with Crippen LogP contribution in [0.25, 0.3) is 0 Å². The standard InChI is InChI=1S/C16H18N2O3/c1-11(2)16(3)10-14(20)18(15(16)21)13-8-4-6-12(17-13)7-5-9-19/h4,6,8,11,19H,9-10H2,1-3H3. The lowest BCUT2D eigenvalue weighted by Crippen LogP contribution is -2.37. The SMILES string of the molecule is CC(C)C1(C)CC(=O)N(c2cccc(C#CCO)n2)C1=O. The molecule has 2 amide bonds. The maximum Gasteiger partial charge on any atom is 0.241 e. The molecule has 1 aliphatic rings. The molecule has 0 bridgehead atoms. The van der Waals surface area contributed by atoms with Crippen molar-refractivity contribution in [1.29, 1.82) is 0 Å². The van der Waals surface area contributed by atoms with Crippen LogP contribution in [0.3, 0.4) is 0 Å². The summed E-state index contributed by atoms with van der Waals surface area (Å²) < 4.78 is 0. The lowest BCUT2D eigenvalue weighted by Gasteiger charge is -2.25. The van der Waals surface area contributed by atoms with Crippen LogP contribution in [0.2, 0.25) is 0 Å². The van der Waals surface area contributed by atoms with Crippen LogP contribution in [0.15, 0.2) is 18.2 Å². The van der Waals surface area contributed by atoms with E-state index in [1.165, 1.54) is 0 Å². The monoisotopic (exact) mass is 286 g/mol. The minimum atomic E-state index is -0.689. The number of anilines is 1. The molecule has 1 saturated heterocycles. The van der Waals surface area contributed by atoms with Gasteiger partial charge in [-0.3, -0.25) is 9.59 Å². The average Bonchev–Trinajstić information content (AvgIpc) is 2.68. The first kappa shape index (κ1) is 15.2. The minimum Gasteiger partial charge on any atom is -0.384 e. The van der Waals surface area contributed by atoms with Crippen LogP contribution in [0.4, 0.5) is 5.82 Å². The van der Waals surface area contributed by atoms with Gasteiger partial charge in [0.15, 0.2) is 0 Å². The van der Waals surface area contributed by atoms with Crippen LogP contribution in [0.1, 0.15) is 32.9 Å². The van der Waals surface area contributed by atoms with Crippen molar-refractivity contribution >= 4 is 17.6 Å². The third kappa shape index (κ3) is 2.67. The summed E-state index contributed by atoms with van der Waals surface area (Å²) in [5, 5.41) is 8.70. The molecule has 1 N–H and O–H groups in total. The first-order valence-corrected chi connectivity index (χ1v) is 6.84. The summed E-state index contributed by atoms with van der Waals surface area (Å²) in [7, 11) is 0. The van der Waals surface area contributed by atoms with E-state index in [2.05, 4.69) is 16.8 Å². The van der Waals surface area contributed by atoms with Gasteiger partial charge in [0.2, 0.25) is 11.8 Å². The van der Waals surface area contributed by atoms with E-state index in [9.17, 15) is 9.59 Å². The Hall–Kier alpha value is -2.19. The van der Waals surface area contributed by atoms with Crippen LogP contribution < -0.4 is 4.90 Å². The second kappa shape index (κ2) is 5.66. The topological polar surface area (TPSA) is 70.5 Å². The molecule has 2 heterocycles. The number of hydrogen-bond donors (Lipinski definition) is 1. The van der Waals surface area contributed by atoms with E-state index in [1.54, 1.807) is 18.2 Å². The van der Waals surface area contributed by atoms with Crippen molar-refractivity contribution in [3.05, 3.63) is 23.9 Å². The summed E-state index contributed by atoms with van der Waals surface area (Å²) in [6.07, 6.45) is 0.192. The van der Waals surface area contributed by atoms with Gasteiger partial charge < -0.3 is 5.11 Å². The van der Waals surface area contributed by atoms with Gasteiger partial charge in [-0.05, 0) is 30.9 Å². The van der Waals surface area contributed by atoms with E-state index in [0.29, 0.717) is 11.5 Å². The van der Waals surface area contributed by atoms with Gasteiger partial charge in [-0.25, -0.2) is 9.88 Å². The van der Waals surface area contributed by atoms with Crippen molar-refractivity contribution in [2.24, 2.45) is 11.3 Å². The van der Waals surface area contributed by atoms with E-state index >= 15 is 0 Å². The Bertz CT molecular complexity index is 642. The fraction of sp³-hybridized carbons (Fsp3) is 0.438. The van der Waals surface area contributed by atoms with E-state index in [1.807, 2.05) is 20.8 Å². The van der Waals surface area contributed by atoms with Gasteiger partial charge in [0.1, 0.15) is 18.1 Å². The number of carbonyl (C=O) groups is 2. The molecular weight excluding hydrogens is 268 g/mol. The molecule has 110 valence electrons. The van der Waals surface area contributed by atoms with Gasteiger partial charge in [-0.1, -0.05) is 25.8 Å². The molecule has 1 aliphatic heterocycles. The molecule has 0 radical (unpaired) electrons. The van der Waals surface area contributed by atoms with Crippen LogP contribution in [-0.4, -0.2) is 28.5 Å². The fourth-order valence-electron chi connectivity index (χ4n) is 2.27. The number of aliphatic hydroxyl groups excluding tert-OH is 1. The van der Waals surface area contributed by atoms with Gasteiger partial charge in [0.25, 0.3) is 0 Å². The number of imide groups is 1. The van der Waals surface area contributed by atoms with Gasteiger partial charge in [0, 0.05) is 6.42 Å². The highest BCUT2D eigenvalue weighted by molar-refractivity contribution is 6.22. The zero-order valence-electron chi connectivity index (χ0n) is 12.4. The molecule has 0 saturated carbocycles. The second-order valence-electron chi connectivity index (χ2n) is 5.62. The number of aromatic nitrogens is 1. The van der Waals surface area contributed by atoms with Crippen LogP contribution in [-0.2, 0) is 9.59 Å². The molecule has 1 fully saturated rings. The predicted molar refractivity (Wildman–Crippen MR) is 78.3 cm³/mol. The quantitative estimate of drug-likeness (QED) is 0.658. The van der Waals surface area contributed by atoms with Crippen molar-refractivity contribution in [1.82, 2.24) is 4.98 Å². The largest absolute Gasteiger partial charge is 0.384 e. The zero-order chi connectivity index (χ0) is 15.6. The molecule has 0 aliphatic carbocycles. The molecule has 1 aromatic rings. The molecule has 0 spiro atoms. The lowest BCUT2D eigenvalue weighted by atomic mass is 9.78. The van der Waals surface area contributed by atoms with E-state index < -0.39 is 5.41 Å². The van der Waals surface area contributed by atoms with Crippen molar-refractivity contribution < 1.29 is 14.7 Å². The van der Waals surface area contributed by atoms with Gasteiger partial charge in [-0.15, -0.1) is 0 Å². The smallest absolute Gasteiger partial charge is 0.241 e. The van der Waals surface area contributed by atoms with Crippen molar-refractivity contribution in [2.45, 2.75) is 27.2 Å². The Morgan fingerprint density at radius 2 is 2.14 bits per heavy atom. The van der Waals surface area contributed by atoms with E-state index in [0.717, 1.165) is 4.90 Å². The number of carbonyl (C=O) groups excluding carboxylic acids is 2. The third-order valence-electron chi connectivity index (χ3n) is 3.99. The first-order chi connectivity index (χ1) is 9.90. The second-order valence-corrected chi connectivity index (χ2v) is 5.62. The zero-order valence-corrected chi connectivity index (χ0v) is 12.4. The Morgan fingerprint density at radius 1 is 1.43 bits per heavy atom. The molecule has 1 atom stereocenters.